The Balaban J connectivity index is 2.85. The molecule has 58 valence electrons. The molecule has 1 N–H and O–H groups in total. The van der Waals surface area contributed by atoms with Gasteiger partial charge in [-0.15, -0.1) is 0 Å². The normalized spacial score (nSPS) is 9.92. The van der Waals surface area contributed by atoms with Gasteiger partial charge in [0.2, 0.25) is 0 Å². The molecule has 2 aromatic rings. The van der Waals surface area contributed by atoms with Crippen molar-refractivity contribution in [2.75, 3.05) is 0 Å². The van der Waals surface area contributed by atoms with Gasteiger partial charge in [0.15, 0.2) is 0 Å². The van der Waals surface area contributed by atoms with Crippen LogP contribution in [0.3, 0.4) is 0 Å². The highest BCUT2D eigenvalue weighted by Crippen LogP contribution is 2.15. The average molecular weight is 176 g/mol. The molecule has 0 saturated carbocycles. The van der Waals surface area contributed by atoms with Gasteiger partial charge in [-0.05, 0) is 18.2 Å². The maximum absolute atomic E-state index is 10.9. The minimum absolute atomic E-state index is 0.0833. The molecule has 2 rings (SSSR count). The molecular weight excluding hydrogens is 172 g/mol. The number of nitrogens with one attached hydrogen (secondary N) is 1. The van der Waals surface area contributed by atoms with E-state index in [0.29, 0.717) is 5.56 Å². The summed E-state index contributed by atoms with van der Waals surface area (Å²) in [7, 11) is 0. The monoisotopic (exact) mass is 176 g/mol. The van der Waals surface area contributed by atoms with Crippen molar-refractivity contribution < 1.29 is 0 Å². The Hall–Kier alpha value is -1.60. The lowest BCUT2D eigenvalue weighted by atomic mass is 10.2. The molecule has 1 heterocycles. The number of rotatable bonds is 0. The van der Waals surface area contributed by atoms with Crippen LogP contribution in [0.2, 0.25) is 0 Å². The summed E-state index contributed by atoms with van der Waals surface area (Å²) in [5.74, 6) is 0. The Kier molecular flexibility index (Phi) is 1.45. The van der Waals surface area contributed by atoms with Gasteiger partial charge in [-0.2, -0.15) is 5.26 Å². The van der Waals surface area contributed by atoms with Crippen LogP contribution in [0.15, 0.2) is 23.0 Å². The summed E-state index contributed by atoms with van der Waals surface area (Å²) in [5.41, 5.74) is 1.38. The molecule has 0 radical (unpaired) electrons. The van der Waals surface area contributed by atoms with E-state index in [1.807, 2.05) is 6.07 Å². The standard InChI is InChI=1S/C8H4N2OS/c9-4-5-1-2-6-7(3-5)12-8(11)10-6/h1-3H,(H,10,11). The number of hydrogen-bond acceptors (Lipinski definition) is 3. The van der Waals surface area contributed by atoms with E-state index in [4.69, 9.17) is 5.26 Å². The van der Waals surface area contributed by atoms with Crippen molar-refractivity contribution in [3.63, 3.8) is 0 Å². The first-order valence-corrected chi connectivity index (χ1v) is 4.14. The van der Waals surface area contributed by atoms with Gasteiger partial charge in [0.25, 0.3) is 0 Å². The van der Waals surface area contributed by atoms with E-state index in [1.165, 1.54) is 0 Å². The van der Waals surface area contributed by atoms with Gasteiger partial charge in [-0.1, -0.05) is 11.3 Å². The highest BCUT2D eigenvalue weighted by atomic mass is 32.1. The number of nitriles is 1. The number of nitrogens with zero attached hydrogens (tertiary/aromatic N) is 1. The predicted molar refractivity (Wildman–Crippen MR) is 47.2 cm³/mol. The summed E-state index contributed by atoms with van der Waals surface area (Å²) in [4.78, 5) is 13.4. The Morgan fingerprint density at radius 1 is 1.50 bits per heavy atom. The van der Waals surface area contributed by atoms with E-state index in [0.717, 1.165) is 21.6 Å². The van der Waals surface area contributed by atoms with Gasteiger partial charge in [0.05, 0.1) is 21.8 Å². The molecule has 0 atom stereocenters. The quantitative estimate of drug-likeness (QED) is 0.660. The van der Waals surface area contributed by atoms with E-state index < -0.39 is 0 Å². The second-order valence-electron chi connectivity index (χ2n) is 2.34. The van der Waals surface area contributed by atoms with Gasteiger partial charge >= 0.3 is 4.87 Å². The zero-order valence-electron chi connectivity index (χ0n) is 6.00. The van der Waals surface area contributed by atoms with Crippen molar-refractivity contribution in [3.05, 3.63) is 33.4 Å². The largest absolute Gasteiger partial charge is 0.312 e. The lowest BCUT2D eigenvalue weighted by Crippen LogP contribution is -1.89. The second kappa shape index (κ2) is 2.47. The Labute approximate surface area is 71.9 Å². The Morgan fingerprint density at radius 2 is 2.33 bits per heavy atom. The zero-order valence-corrected chi connectivity index (χ0v) is 6.81. The minimum atomic E-state index is -0.0833. The Morgan fingerprint density at radius 3 is 3.08 bits per heavy atom. The van der Waals surface area contributed by atoms with E-state index in [-0.39, 0.29) is 4.87 Å². The highest BCUT2D eigenvalue weighted by molar-refractivity contribution is 7.16. The zero-order chi connectivity index (χ0) is 8.55. The lowest BCUT2D eigenvalue weighted by molar-refractivity contribution is 1.40. The summed E-state index contributed by atoms with van der Waals surface area (Å²) in [6, 6.07) is 7.15. The highest BCUT2D eigenvalue weighted by Gasteiger charge is 1.98. The third kappa shape index (κ3) is 1.00. The molecule has 0 saturated heterocycles. The van der Waals surface area contributed by atoms with E-state index in [2.05, 4.69) is 4.98 Å². The molecule has 1 aromatic carbocycles. The van der Waals surface area contributed by atoms with Gasteiger partial charge in [0, 0.05) is 0 Å². The maximum Gasteiger partial charge on any atom is 0.305 e. The molecule has 0 unspecified atom stereocenters. The molecule has 0 aliphatic heterocycles. The summed E-state index contributed by atoms with van der Waals surface area (Å²) in [6.45, 7) is 0. The number of hydrogen-bond donors (Lipinski definition) is 1. The minimum Gasteiger partial charge on any atom is -0.312 e. The number of benzene rings is 1. The van der Waals surface area contributed by atoms with Crippen LogP contribution in [0.25, 0.3) is 10.2 Å². The smallest absolute Gasteiger partial charge is 0.305 e. The molecule has 4 heteroatoms. The van der Waals surface area contributed by atoms with Crippen LogP contribution >= 0.6 is 11.3 Å². The van der Waals surface area contributed by atoms with Crippen LogP contribution in [0.5, 0.6) is 0 Å². The summed E-state index contributed by atoms with van der Waals surface area (Å²) >= 11 is 1.12. The third-order valence-corrected chi connectivity index (χ3v) is 2.40. The molecule has 1 aromatic heterocycles. The first kappa shape index (κ1) is 7.07. The van der Waals surface area contributed by atoms with Crippen molar-refractivity contribution in [2.45, 2.75) is 0 Å². The van der Waals surface area contributed by atoms with Crippen molar-refractivity contribution in [1.82, 2.24) is 4.98 Å². The van der Waals surface area contributed by atoms with E-state index in [9.17, 15) is 4.79 Å². The van der Waals surface area contributed by atoms with E-state index in [1.54, 1.807) is 18.2 Å². The maximum atomic E-state index is 10.9. The van der Waals surface area contributed by atoms with Gasteiger partial charge < -0.3 is 4.98 Å². The van der Waals surface area contributed by atoms with Crippen LogP contribution in [0.4, 0.5) is 0 Å². The molecule has 12 heavy (non-hydrogen) atoms. The number of aromatic amines is 1. The first-order valence-electron chi connectivity index (χ1n) is 3.32. The van der Waals surface area contributed by atoms with Crippen LogP contribution in [-0.2, 0) is 0 Å². The van der Waals surface area contributed by atoms with Gasteiger partial charge in [0.1, 0.15) is 0 Å². The topological polar surface area (TPSA) is 56.6 Å². The fraction of sp³-hybridized carbons (Fsp3) is 0. The van der Waals surface area contributed by atoms with Crippen molar-refractivity contribution >= 4 is 21.6 Å². The Bertz CT molecular complexity index is 518. The van der Waals surface area contributed by atoms with Crippen LogP contribution in [-0.4, -0.2) is 4.98 Å². The van der Waals surface area contributed by atoms with Crippen LogP contribution < -0.4 is 4.87 Å². The number of aromatic nitrogens is 1. The summed E-state index contributed by atoms with van der Waals surface area (Å²) < 4.78 is 0.832. The first-order chi connectivity index (χ1) is 5.79. The van der Waals surface area contributed by atoms with Gasteiger partial charge in [-0.25, -0.2) is 0 Å². The second-order valence-corrected chi connectivity index (χ2v) is 3.35. The average Bonchev–Trinajstić information content (AvgIpc) is 2.43. The van der Waals surface area contributed by atoms with E-state index >= 15 is 0 Å². The molecule has 0 aliphatic rings. The number of fused-ring (bicyclic) bond motifs is 1. The lowest BCUT2D eigenvalue weighted by Gasteiger charge is -1.87. The van der Waals surface area contributed by atoms with Crippen LogP contribution in [0, 0.1) is 11.3 Å². The fourth-order valence-electron chi connectivity index (χ4n) is 1.01. The fourth-order valence-corrected chi connectivity index (χ4v) is 1.79. The van der Waals surface area contributed by atoms with Crippen molar-refractivity contribution in [2.24, 2.45) is 0 Å². The third-order valence-electron chi connectivity index (χ3n) is 1.55. The molecule has 3 nitrogen and oxygen atoms in total. The van der Waals surface area contributed by atoms with Crippen molar-refractivity contribution in [3.8, 4) is 6.07 Å². The molecule has 0 aliphatic carbocycles. The van der Waals surface area contributed by atoms with Gasteiger partial charge in [-0.3, -0.25) is 4.79 Å². The van der Waals surface area contributed by atoms with Crippen LogP contribution in [0.1, 0.15) is 5.56 Å². The molecule has 0 bridgehead atoms. The molecule has 0 amide bonds. The summed E-state index contributed by atoms with van der Waals surface area (Å²) in [5, 5.41) is 8.57. The molecule has 0 fully saturated rings. The van der Waals surface area contributed by atoms with Crippen molar-refractivity contribution in [1.29, 1.82) is 5.26 Å². The molecular formula is C8H4N2OS. The number of thiazole rings is 1. The SMILES string of the molecule is N#Cc1ccc2[nH]c(=O)sc2c1. The molecule has 0 spiro atoms. The number of H-pyrrole nitrogens is 1. The summed E-state index contributed by atoms with van der Waals surface area (Å²) in [6.07, 6.45) is 0. The predicted octanol–water partition coefficient (Wildman–Crippen LogP) is 1.46.